The van der Waals surface area contributed by atoms with Crippen molar-refractivity contribution in [2.75, 3.05) is 0 Å². The zero-order valence-electron chi connectivity index (χ0n) is 9.61. The number of fused-ring (bicyclic) bond motifs is 1. The summed E-state index contributed by atoms with van der Waals surface area (Å²) in [5.74, 6) is 0. The van der Waals surface area contributed by atoms with Crippen LogP contribution in [0.5, 0.6) is 0 Å². The molecule has 0 spiro atoms. The fraction of sp³-hybridized carbons (Fsp3) is 0.0714. The number of hydrogen-bond acceptors (Lipinski definition) is 3. The zero-order valence-corrected chi connectivity index (χ0v) is 9.61. The van der Waals surface area contributed by atoms with Gasteiger partial charge in [0.25, 0.3) is 0 Å². The number of nitrogens with zero attached hydrogens (tertiary/aromatic N) is 4. The Bertz CT molecular complexity index is 722. The summed E-state index contributed by atoms with van der Waals surface area (Å²) in [7, 11) is 0. The van der Waals surface area contributed by atoms with Gasteiger partial charge in [0.15, 0.2) is 0 Å². The maximum absolute atomic E-state index is 8.83. The van der Waals surface area contributed by atoms with Gasteiger partial charge in [0.1, 0.15) is 5.52 Å². The van der Waals surface area contributed by atoms with Crippen molar-refractivity contribution < 1.29 is 0 Å². The van der Waals surface area contributed by atoms with Gasteiger partial charge in [-0.05, 0) is 23.8 Å². The van der Waals surface area contributed by atoms with Gasteiger partial charge in [-0.25, -0.2) is 4.68 Å². The molecule has 3 aromatic rings. The first kappa shape index (κ1) is 10.5. The normalized spacial score (nSPS) is 10.4. The Morgan fingerprint density at radius 1 is 1.11 bits per heavy atom. The first-order valence-corrected chi connectivity index (χ1v) is 5.64. The summed E-state index contributed by atoms with van der Waals surface area (Å²) in [6, 6.07) is 17.6. The lowest BCUT2D eigenvalue weighted by atomic mass is 10.2. The molecule has 0 aliphatic carbocycles. The van der Waals surface area contributed by atoms with Crippen molar-refractivity contribution in [2.24, 2.45) is 0 Å². The minimum Gasteiger partial charge on any atom is -0.240 e. The molecule has 0 atom stereocenters. The minimum atomic E-state index is 0.606. The quantitative estimate of drug-likeness (QED) is 0.684. The molecule has 4 nitrogen and oxygen atoms in total. The molecular weight excluding hydrogens is 224 g/mol. The van der Waals surface area contributed by atoms with Gasteiger partial charge < -0.3 is 0 Å². The second-order valence-electron chi connectivity index (χ2n) is 4.05. The van der Waals surface area contributed by atoms with Gasteiger partial charge in [-0.15, -0.1) is 5.10 Å². The predicted molar refractivity (Wildman–Crippen MR) is 67.8 cm³/mol. The Balaban J connectivity index is 2.01. The summed E-state index contributed by atoms with van der Waals surface area (Å²) >= 11 is 0. The van der Waals surface area contributed by atoms with Crippen LogP contribution in [0.2, 0.25) is 0 Å². The molecule has 0 aliphatic heterocycles. The van der Waals surface area contributed by atoms with Crippen molar-refractivity contribution in [3.05, 3.63) is 59.7 Å². The molecule has 0 bridgehead atoms. The second-order valence-corrected chi connectivity index (χ2v) is 4.05. The van der Waals surface area contributed by atoms with Crippen LogP contribution in [0.1, 0.15) is 11.1 Å². The van der Waals surface area contributed by atoms with E-state index in [1.165, 1.54) is 5.56 Å². The van der Waals surface area contributed by atoms with Crippen LogP contribution in [0.4, 0.5) is 0 Å². The molecule has 0 fully saturated rings. The monoisotopic (exact) mass is 234 g/mol. The summed E-state index contributed by atoms with van der Waals surface area (Å²) in [4.78, 5) is 0. The summed E-state index contributed by atoms with van der Waals surface area (Å²) in [5.41, 5.74) is 3.48. The summed E-state index contributed by atoms with van der Waals surface area (Å²) in [6.45, 7) is 0.684. The van der Waals surface area contributed by atoms with Crippen molar-refractivity contribution in [1.82, 2.24) is 15.0 Å². The lowest BCUT2D eigenvalue weighted by molar-refractivity contribution is 0.670. The smallest absolute Gasteiger partial charge is 0.114 e. The van der Waals surface area contributed by atoms with E-state index in [4.69, 9.17) is 5.26 Å². The molecule has 0 unspecified atom stereocenters. The predicted octanol–water partition coefficient (Wildman–Crippen LogP) is 2.35. The Hall–Kier alpha value is -2.67. The highest BCUT2D eigenvalue weighted by molar-refractivity contribution is 5.76. The average Bonchev–Trinajstić information content (AvgIpc) is 2.82. The molecule has 3 rings (SSSR count). The number of aromatic nitrogens is 3. The molecule has 1 heterocycles. The van der Waals surface area contributed by atoms with Crippen LogP contribution in [0.25, 0.3) is 11.0 Å². The van der Waals surface area contributed by atoms with Crippen LogP contribution in [0.15, 0.2) is 48.5 Å². The van der Waals surface area contributed by atoms with Gasteiger partial charge in [-0.1, -0.05) is 35.5 Å². The lowest BCUT2D eigenvalue weighted by Gasteiger charge is -2.02. The number of benzene rings is 2. The van der Waals surface area contributed by atoms with Crippen molar-refractivity contribution in [3.63, 3.8) is 0 Å². The van der Waals surface area contributed by atoms with Crippen LogP contribution >= 0.6 is 0 Å². The maximum atomic E-state index is 8.83. The van der Waals surface area contributed by atoms with E-state index in [9.17, 15) is 0 Å². The van der Waals surface area contributed by atoms with Crippen molar-refractivity contribution in [3.8, 4) is 6.07 Å². The van der Waals surface area contributed by atoms with E-state index in [-0.39, 0.29) is 0 Å². The van der Waals surface area contributed by atoms with Crippen LogP contribution in [-0.2, 0) is 6.54 Å². The molecule has 18 heavy (non-hydrogen) atoms. The number of rotatable bonds is 2. The van der Waals surface area contributed by atoms with E-state index in [1.54, 1.807) is 12.1 Å². The van der Waals surface area contributed by atoms with Crippen molar-refractivity contribution in [2.45, 2.75) is 6.54 Å². The standard InChI is InChI=1S/C14H10N4/c15-9-12-6-7-14-13(8-12)16-17-18(14)10-11-4-2-1-3-5-11/h1-8H,10H2. The van der Waals surface area contributed by atoms with Gasteiger partial charge >= 0.3 is 0 Å². The highest BCUT2D eigenvalue weighted by atomic mass is 15.4. The Labute approximate surface area is 104 Å². The van der Waals surface area contributed by atoms with E-state index in [1.807, 2.05) is 28.9 Å². The Morgan fingerprint density at radius 2 is 1.94 bits per heavy atom. The molecule has 86 valence electrons. The third kappa shape index (κ3) is 1.82. The first-order chi connectivity index (χ1) is 8.86. The fourth-order valence-electron chi connectivity index (χ4n) is 1.91. The SMILES string of the molecule is N#Cc1ccc2c(c1)nnn2Cc1ccccc1. The van der Waals surface area contributed by atoms with E-state index < -0.39 is 0 Å². The van der Waals surface area contributed by atoms with Gasteiger partial charge in [0.05, 0.1) is 23.7 Å². The van der Waals surface area contributed by atoms with Gasteiger partial charge in [0.2, 0.25) is 0 Å². The number of hydrogen-bond donors (Lipinski definition) is 0. The summed E-state index contributed by atoms with van der Waals surface area (Å²) in [6.07, 6.45) is 0. The Kier molecular flexibility index (Phi) is 2.50. The molecule has 1 aromatic heterocycles. The molecule has 0 radical (unpaired) electrons. The molecule has 4 heteroatoms. The molecule has 0 saturated carbocycles. The van der Waals surface area contributed by atoms with Gasteiger partial charge in [-0.3, -0.25) is 0 Å². The van der Waals surface area contributed by atoms with Gasteiger partial charge in [0, 0.05) is 0 Å². The zero-order chi connectivity index (χ0) is 12.4. The van der Waals surface area contributed by atoms with Crippen LogP contribution < -0.4 is 0 Å². The van der Waals surface area contributed by atoms with Crippen molar-refractivity contribution in [1.29, 1.82) is 5.26 Å². The minimum absolute atomic E-state index is 0.606. The fourth-order valence-corrected chi connectivity index (χ4v) is 1.91. The van der Waals surface area contributed by atoms with E-state index in [2.05, 4.69) is 28.5 Å². The van der Waals surface area contributed by atoms with Crippen LogP contribution in [0.3, 0.4) is 0 Å². The highest BCUT2D eigenvalue weighted by Gasteiger charge is 2.05. The Morgan fingerprint density at radius 3 is 2.72 bits per heavy atom. The molecular formula is C14H10N4. The lowest BCUT2D eigenvalue weighted by Crippen LogP contribution is -2.01. The second kappa shape index (κ2) is 4.30. The molecule has 0 amide bonds. The van der Waals surface area contributed by atoms with Crippen LogP contribution in [-0.4, -0.2) is 15.0 Å². The van der Waals surface area contributed by atoms with Crippen LogP contribution in [0, 0.1) is 11.3 Å². The topological polar surface area (TPSA) is 54.5 Å². The van der Waals surface area contributed by atoms with Crippen molar-refractivity contribution >= 4 is 11.0 Å². The van der Waals surface area contributed by atoms with E-state index >= 15 is 0 Å². The summed E-state index contributed by atoms with van der Waals surface area (Å²) < 4.78 is 1.84. The molecule has 0 saturated heterocycles. The van der Waals surface area contributed by atoms with E-state index in [0.717, 1.165) is 11.0 Å². The molecule has 0 aliphatic rings. The average molecular weight is 234 g/mol. The highest BCUT2D eigenvalue weighted by Crippen LogP contribution is 2.14. The molecule has 2 aromatic carbocycles. The molecule has 0 N–H and O–H groups in total. The largest absolute Gasteiger partial charge is 0.240 e. The third-order valence-corrected chi connectivity index (χ3v) is 2.82. The maximum Gasteiger partial charge on any atom is 0.114 e. The van der Waals surface area contributed by atoms with Gasteiger partial charge in [-0.2, -0.15) is 5.26 Å². The number of nitriles is 1. The first-order valence-electron chi connectivity index (χ1n) is 5.64. The van der Waals surface area contributed by atoms with E-state index in [0.29, 0.717) is 12.1 Å². The third-order valence-electron chi connectivity index (χ3n) is 2.82. The summed E-state index contributed by atoms with van der Waals surface area (Å²) in [5, 5.41) is 17.0.